The summed E-state index contributed by atoms with van der Waals surface area (Å²) < 4.78 is 5.56. The maximum atomic E-state index is 5.56. The molecular weight excluding hydrogens is 274 g/mol. The minimum atomic E-state index is 0.0365. The Morgan fingerprint density at radius 3 is 2.30 bits per heavy atom. The smallest absolute Gasteiger partial charge is 0.323 e. The van der Waals surface area contributed by atoms with E-state index in [4.69, 9.17) is 4.74 Å². The second-order valence-corrected chi connectivity index (χ2v) is 6.06. The molecule has 1 rings (SSSR count). The minimum Gasteiger partial charge on any atom is -0.461 e. The molecule has 0 bridgehead atoms. The maximum Gasteiger partial charge on any atom is 0.323 e. The van der Waals surface area contributed by atoms with Crippen LogP contribution in [0.25, 0.3) is 0 Å². The summed E-state index contributed by atoms with van der Waals surface area (Å²) in [5.74, 6) is 1.10. The molecule has 0 aliphatic rings. The number of rotatable bonds is 9. The van der Waals surface area contributed by atoms with Crippen LogP contribution in [0.1, 0.15) is 34.1 Å². The van der Waals surface area contributed by atoms with Crippen LogP contribution in [-0.4, -0.2) is 45.7 Å². The first-order valence-corrected chi connectivity index (χ1v) is 8.27. The van der Waals surface area contributed by atoms with Crippen molar-refractivity contribution in [2.24, 2.45) is 0 Å². The molecule has 0 amide bonds. The van der Waals surface area contributed by atoms with Crippen molar-refractivity contribution in [1.82, 2.24) is 15.0 Å². The first-order chi connectivity index (χ1) is 9.55. The van der Waals surface area contributed by atoms with Gasteiger partial charge in [0.25, 0.3) is 0 Å². The second-order valence-electron chi connectivity index (χ2n) is 4.79. The van der Waals surface area contributed by atoms with Gasteiger partial charge in [-0.05, 0) is 26.5 Å². The SMILES string of the molecule is CCCNc1nc(NCC(C)SC)nc(OC(C)C)n1. The number of nitrogens with zero attached hydrogens (tertiary/aromatic N) is 3. The van der Waals surface area contributed by atoms with Crippen LogP contribution in [0.3, 0.4) is 0 Å². The number of anilines is 2. The van der Waals surface area contributed by atoms with Crippen LogP contribution in [0.15, 0.2) is 0 Å². The fourth-order valence-electron chi connectivity index (χ4n) is 1.33. The van der Waals surface area contributed by atoms with Gasteiger partial charge >= 0.3 is 6.01 Å². The van der Waals surface area contributed by atoms with E-state index in [1.807, 2.05) is 13.8 Å². The molecule has 0 aliphatic heterocycles. The average Bonchev–Trinajstić information content (AvgIpc) is 2.41. The van der Waals surface area contributed by atoms with Crippen molar-refractivity contribution in [2.45, 2.75) is 45.5 Å². The zero-order chi connectivity index (χ0) is 15.0. The highest BCUT2D eigenvalue weighted by Gasteiger charge is 2.09. The number of aromatic nitrogens is 3. The highest BCUT2D eigenvalue weighted by molar-refractivity contribution is 7.99. The maximum absolute atomic E-state index is 5.56. The van der Waals surface area contributed by atoms with Crippen molar-refractivity contribution in [1.29, 1.82) is 0 Å². The van der Waals surface area contributed by atoms with Crippen molar-refractivity contribution < 1.29 is 4.74 Å². The van der Waals surface area contributed by atoms with Crippen LogP contribution in [0.4, 0.5) is 11.9 Å². The van der Waals surface area contributed by atoms with Gasteiger partial charge in [-0.2, -0.15) is 26.7 Å². The van der Waals surface area contributed by atoms with Gasteiger partial charge in [-0.3, -0.25) is 0 Å². The van der Waals surface area contributed by atoms with Crippen LogP contribution in [-0.2, 0) is 0 Å². The molecular formula is C13H25N5OS. The molecule has 0 aliphatic carbocycles. The van der Waals surface area contributed by atoms with Crippen LogP contribution in [0.5, 0.6) is 6.01 Å². The summed E-state index contributed by atoms with van der Waals surface area (Å²) >= 11 is 1.80. The van der Waals surface area contributed by atoms with E-state index in [9.17, 15) is 0 Å². The van der Waals surface area contributed by atoms with Gasteiger partial charge < -0.3 is 15.4 Å². The zero-order valence-corrected chi connectivity index (χ0v) is 13.8. The molecule has 0 saturated heterocycles. The van der Waals surface area contributed by atoms with E-state index in [1.54, 1.807) is 11.8 Å². The molecule has 1 aromatic rings. The molecule has 1 aromatic heterocycles. The van der Waals surface area contributed by atoms with Crippen molar-refractivity contribution in [2.75, 3.05) is 30.0 Å². The van der Waals surface area contributed by atoms with Gasteiger partial charge in [-0.15, -0.1) is 0 Å². The zero-order valence-electron chi connectivity index (χ0n) is 12.9. The van der Waals surface area contributed by atoms with Crippen LogP contribution >= 0.6 is 11.8 Å². The van der Waals surface area contributed by atoms with Crippen LogP contribution in [0.2, 0.25) is 0 Å². The lowest BCUT2D eigenvalue weighted by atomic mass is 10.5. The van der Waals surface area contributed by atoms with E-state index < -0.39 is 0 Å². The van der Waals surface area contributed by atoms with Crippen LogP contribution in [0, 0.1) is 0 Å². The van der Waals surface area contributed by atoms with Crippen molar-refractivity contribution in [3.8, 4) is 6.01 Å². The summed E-state index contributed by atoms with van der Waals surface area (Å²) in [5, 5.41) is 6.88. The van der Waals surface area contributed by atoms with E-state index in [1.165, 1.54) is 0 Å². The normalized spacial score (nSPS) is 12.3. The molecule has 1 heterocycles. The standard InChI is InChI=1S/C13H25N5OS/c1-6-7-14-11-16-12(15-8-10(4)20-5)18-13(17-11)19-9(2)3/h9-10H,6-8H2,1-5H3,(H2,14,15,16,17,18). The molecule has 2 N–H and O–H groups in total. The number of hydrogen-bond donors (Lipinski definition) is 2. The van der Waals surface area contributed by atoms with Gasteiger partial charge in [0, 0.05) is 18.3 Å². The molecule has 0 radical (unpaired) electrons. The summed E-state index contributed by atoms with van der Waals surface area (Å²) in [7, 11) is 0. The topological polar surface area (TPSA) is 72.0 Å². The lowest BCUT2D eigenvalue weighted by Gasteiger charge is -2.13. The molecule has 7 heteroatoms. The van der Waals surface area contributed by atoms with E-state index in [0.717, 1.165) is 19.5 Å². The van der Waals surface area contributed by atoms with Crippen molar-refractivity contribution in [3.05, 3.63) is 0 Å². The second kappa shape index (κ2) is 8.84. The number of thioether (sulfide) groups is 1. The fraction of sp³-hybridized carbons (Fsp3) is 0.769. The first-order valence-electron chi connectivity index (χ1n) is 6.98. The number of hydrogen-bond acceptors (Lipinski definition) is 7. The molecule has 20 heavy (non-hydrogen) atoms. The quantitative estimate of drug-likeness (QED) is 0.726. The fourth-order valence-corrected chi connectivity index (χ4v) is 1.58. The van der Waals surface area contributed by atoms with Gasteiger partial charge in [-0.1, -0.05) is 13.8 Å². The van der Waals surface area contributed by atoms with E-state index in [-0.39, 0.29) is 6.10 Å². The van der Waals surface area contributed by atoms with Gasteiger partial charge in [0.15, 0.2) is 0 Å². The lowest BCUT2D eigenvalue weighted by Crippen LogP contribution is -2.17. The van der Waals surface area contributed by atoms with Crippen molar-refractivity contribution in [3.63, 3.8) is 0 Å². The largest absolute Gasteiger partial charge is 0.461 e. The molecule has 6 nitrogen and oxygen atoms in total. The third kappa shape index (κ3) is 6.27. The third-order valence-electron chi connectivity index (χ3n) is 2.44. The summed E-state index contributed by atoms with van der Waals surface area (Å²) in [6, 6.07) is 0.355. The Balaban J connectivity index is 2.79. The molecule has 0 aromatic carbocycles. The Morgan fingerprint density at radius 2 is 1.75 bits per heavy atom. The molecule has 1 unspecified atom stereocenters. The number of nitrogens with one attached hydrogen (secondary N) is 2. The van der Waals surface area contributed by atoms with Crippen LogP contribution < -0.4 is 15.4 Å². The monoisotopic (exact) mass is 299 g/mol. The Labute approximate surface area is 125 Å². The van der Waals surface area contributed by atoms with Gasteiger partial charge in [-0.25, -0.2) is 0 Å². The summed E-state index contributed by atoms with van der Waals surface area (Å²) in [6.07, 6.45) is 3.13. The van der Waals surface area contributed by atoms with Gasteiger partial charge in [0.1, 0.15) is 0 Å². The first kappa shape index (κ1) is 16.8. The third-order valence-corrected chi connectivity index (χ3v) is 3.41. The van der Waals surface area contributed by atoms with E-state index in [2.05, 4.69) is 45.7 Å². The highest BCUT2D eigenvalue weighted by atomic mass is 32.2. The summed E-state index contributed by atoms with van der Waals surface area (Å²) in [5.41, 5.74) is 0. The predicted octanol–water partition coefficient (Wildman–Crippen LogP) is 2.64. The average molecular weight is 299 g/mol. The molecule has 0 saturated carbocycles. The Bertz CT molecular complexity index is 402. The molecule has 0 fully saturated rings. The number of ether oxygens (including phenoxy) is 1. The summed E-state index contributed by atoms with van der Waals surface area (Å²) in [4.78, 5) is 12.9. The van der Waals surface area contributed by atoms with Gasteiger partial charge in [0.2, 0.25) is 11.9 Å². The molecule has 0 spiro atoms. The Hall–Kier alpha value is -1.24. The highest BCUT2D eigenvalue weighted by Crippen LogP contribution is 2.13. The minimum absolute atomic E-state index is 0.0365. The molecule has 114 valence electrons. The Kier molecular flexibility index (Phi) is 7.43. The molecule has 1 atom stereocenters. The van der Waals surface area contributed by atoms with E-state index >= 15 is 0 Å². The predicted molar refractivity (Wildman–Crippen MR) is 85.8 cm³/mol. The van der Waals surface area contributed by atoms with Gasteiger partial charge in [0.05, 0.1) is 6.10 Å². The lowest BCUT2D eigenvalue weighted by molar-refractivity contribution is 0.222. The van der Waals surface area contributed by atoms with E-state index in [0.29, 0.717) is 23.2 Å². The Morgan fingerprint density at radius 1 is 1.10 bits per heavy atom. The summed E-state index contributed by atoms with van der Waals surface area (Å²) in [6.45, 7) is 9.78. The van der Waals surface area contributed by atoms with Crippen molar-refractivity contribution >= 4 is 23.7 Å².